The first-order valence-corrected chi connectivity index (χ1v) is 5.25. The molecule has 1 aromatic carbocycles. The molecule has 0 unspecified atom stereocenters. The van der Waals surface area contributed by atoms with Gasteiger partial charge in [0.05, 0.1) is 12.6 Å². The lowest BCUT2D eigenvalue weighted by Crippen LogP contribution is -2.33. The van der Waals surface area contributed by atoms with Crippen LogP contribution in [0.15, 0.2) is 24.3 Å². The quantitative estimate of drug-likeness (QED) is 0.796. The normalized spacial score (nSPS) is 12.0. The van der Waals surface area contributed by atoms with E-state index >= 15 is 0 Å². The Morgan fingerprint density at radius 3 is 2.69 bits per heavy atom. The van der Waals surface area contributed by atoms with Crippen LogP contribution in [0.2, 0.25) is 0 Å². The van der Waals surface area contributed by atoms with Crippen LogP contribution in [0.5, 0.6) is 0 Å². The van der Waals surface area contributed by atoms with Gasteiger partial charge in [-0.3, -0.25) is 4.79 Å². The second-order valence-electron chi connectivity index (χ2n) is 3.76. The molecule has 0 radical (unpaired) electrons. The summed E-state index contributed by atoms with van der Waals surface area (Å²) in [6.45, 7) is 1.99. The first kappa shape index (κ1) is 12.5. The van der Waals surface area contributed by atoms with Crippen molar-refractivity contribution < 1.29 is 9.90 Å². The molecule has 4 heteroatoms. The van der Waals surface area contributed by atoms with E-state index in [0.717, 1.165) is 11.3 Å². The minimum Gasteiger partial charge on any atom is -0.389 e. The zero-order valence-electron chi connectivity index (χ0n) is 9.90. The van der Waals surface area contributed by atoms with Crippen LogP contribution in [0.25, 0.3) is 0 Å². The van der Waals surface area contributed by atoms with Crippen molar-refractivity contribution in [1.82, 2.24) is 5.32 Å². The van der Waals surface area contributed by atoms with Gasteiger partial charge in [0.15, 0.2) is 0 Å². The molecule has 0 aliphatic rings. The number of amides is 1. The molecular formula is C12H18N2O2. The summed E-state index contributed by atoms with van der Waals surface area (Å²) >= 11 is 0. The van der Waals surface area contributed by atoms with Crippen LogP contribution in [-0.4, -0.2) is 31.7 Å². The highest BCUT2D eigenvalue weighted by atomic mass is 16.3. The zero-order chi connectivity index (χ0) is 12.1. The molecule has 1 rings (SSSR count). The summed E-state index contributed by atoms with van der Waals surface area (Å²) < 4.78 is 0. The van der Waals surface area contributed by atoms with Crippen molar-refractivity contribution in [3.8, 4) is 0 Å². The highest BCUT2D eigenvalue weighted by Gasteiger charge is 2.12. The van der Waals surface area contributed by atoms with Gasteiger partial charge < -0.3 is 15.3 Å². The van der Waals surface area contributed by atoms with Crippen molar-refractivity contribution in [2.45, 2.75) is 13.0 Å². The van der Waals surface area contributed by atoms with Crippen molar-refractivity contribution in [2.75, 3.05) is 25.5 Å². The average Bonchev–Trinajstić information content (AvgIpc) is 2.28. The van der Waals surface area contributed by atoms with E-state index in [1.807, 2.05) is 36.2 Å². The molecule has 0 saturated heterocycles. The first-order valence-electron chi connectivity index (χ1n) is 5.25. The van der Waals surface area contributed by atoms with Gasteiger partial charge in [0.2, 0.25) is 5.91 Å². The molecule has 2 N–H and O–H groups in total. The Balaban J connectivity index is 2.90. The van der Waals surface area contributed by atoms with E-state index in [2.05, 4.69) is 5.32 Å². The van der Waals surface area contributed by atoms with E-state index in [9.17, 15) is 9.90 Å². The van der Waals surface area contributed by atoms with Gasteiger partial charge >= 0.3 is 0 Å². The first-order chi connectivity index (χ1) is 7.56. The number of aliphatic hydroxyl groups is 1. The number of nitrogens with one attached hydrogen (secondary N) is 1. The lowest BCUT2D eigenvalue weighted by molar-refractivity contribution is -0.119. The van der Waals surface area contributed by atoms with E-state index < -0.39 is 6.10 Å². The maximum atomic E-state index is 11.3. The van der Waals surface area contributed by atoms with Crippen LogP contribution in [0.1, 0.15) is 18.6 Å². The fourth-order valence-electron chi connectivity index (χ4n) is 1.57. The number of hydrogen-bond acceptors (Lipinski definition) is 3. The van der Waals surface area contributed by atoms with Crippen LogP contribution < -0.4 is 10.2 Å². The Kier molecular flexibility index (Phi) is 4.31. The number of benzene rings is 1. The Labute approximate surface area is 95.9 Å². The van der Waals surface area contributed by atoms with Crippen molar-refractivity contribution in [1.29, 1.82) is 0 Å². The molecule has 16 heavy (non-hydrogen) atoms. The van der Waals surface area contributed by atoms with Gasteiger partial charge in [-0.15, -0.1) is 0 Å². The maximum absolute atomic E-state index is 11.3. The fourth-order valence-corrected chi connectivity index (χ4v) is 1.57. The third kappa shape index (κ3) is 2.97. The van der Waals surface area contributed by atoms with E-state index in [4.69, 9.17) is 0 Å². The van der Waals surface area contributed by atoms with Crippen molar-refractivity contribution in [3.05, 3.63) is 29.8 Å². The largest absolute Gasteiger partial charge is 0.389 e. The van der Waals surface area contributed by atoms with Gasteiger partial charge in [-0.2, -0.15) is 0 Å². The minimum absolute atomic E-state index is 0.0529. The highest BCUT2D eigenvalue weighted by Crippen LogP contribution is 2.24. The molecule has 0 bridgehead atoms. The summed E-state index contributed by atoms with van der Waals surface area (Å²) in [6, 6.07) is 7.52. The molecule has 0 saturated carbocycles. The third-order valence-electron chi connectivity index (χ3n) is 2.46. The van der Waals surface area contributed by atoms with E-state index in [1.54, 1.807) is 14.0 Å². The maximum Gasteiger partial charge on any atom is 0.239 e. The number of hydrogen-bond donors (Lipinski definition) is 2. The molecule has 0 aliphatic heterocycles. The molecule has 88 valence electrons. The van der Waals surface area contributed by atoms with Gasteiger partial charge in [-0.25, -0.2) is 0 Å². The van der Waals surface area contributed by atoms with Crippen LogP contribution >= 0.6 is 0 Å². The van der Waals surface area contributed by atoms with E-state index in [-0.39, 0.29) is 12.5 Å². The number of aliphatic hydroxyl groups excluding tert-OH is 1. The Morgan fingerprint density at radius 1 is 1.50 bits per heavy atom. The molecule has 4 nitrogen and oxygen atoms in total. The Bertz CT molecular complexity index is 364. The number of carbonyl (C=O) groups excluding carboxylic acids is 1. The summed E-state index contributed by atoms with van der Waals surface area (Å²) in [7, 11) is 3.44. The topological polar surface area (TPSA) is 52.6 Å². The van der Waals surface area contributed by atoms with Crippen LogP contribution in [-0.2, 0) is 4.79 Å². The number of nitrogens with zero attached hydrogens (tertiary/aromatic N) is 1. The summed E-state index contributed by atoms with van der Waals surface area (Å²) in [5.74, 6) is -0.0529. The molecule has 0 aliphatic carbocycles. The predicted octanol–water partition coefficient (Wildman–Crippen LogP) is 0.922. The van der Waals surface area contributed by atoms with Gasteiger partial charge in [0.1, 0.15) is 0 Å². The van der Waals surface area contributed by atoms with Crippen molar-refractivity contribution in [3.63, 3.8) is 0 Å². The molecule has 0 spiro atoms. The summed E-state index contributed by atoms with van der Waals surface area (Å²) in [5, 5.41) is 12.2. The second kappa shape index (κ2) is 5.51. The Morgan fingerprint density at radius 2 is 2.12 bits per heavy atom. The lowest BCUT2D eigenvalue weighted by Gasteiger charge is -2.22. The molecule has 1 atom stereocenters. The van der Waals surface area contributed by atoms with Gasteiger partial charge in [0, 0.05) is 25.3 Å². The number of rotatable bonds is 4. The molecule has 1 aromatic rings. The molecule has 0 aromatic heterocycles. The molecular weight excluding hydrogens is 204 g/mol. The number of anilines is 1. The van der Waals surface area contributed by atoms with Crippen molar-refractivity contribution >= 4 is 11.6 Å². The zero-order valence-corrected chi connectivity index (χ0v) is 9.90. The van der Waals surface area contributed by atoms with Crippen molar-refractivity contribution in [2.24, 2.45) is 0 Å². The van der Waals surface area contributed by atoms with Crippen LogP contribution in [0.3, 0.4) is 0 Å². The second-order valence-corrected chi connectivity index (χ2v) is 3.76. The number of likely N-dealkylation sites (N-methyl/N-ethyl adjacent to an activating group) is 2. The summed E-state index contributed by atoms with van der Waals surface area (Å²) in [4.78, 5) is 13.1. The predicted molar refractivity (Wildman–Crippen MR) is 64.4 cm³/mol. The molecule has 0 fully saturated rings. The van der Waals surface area contributed by atoms with Crippen LogP contribution in [0.4, 0.5) is 5.69 Å². The third-order valence-corrected chi connectivity index (χ3v) is 2.46. The Hall–Kier alpha value is -1.55. The lowest BCUT2D eigenvalue weighted by atomic mass is 10.1. The van der Waals surface area contributed by atoms with E-state index in [1.165, 1.54) is 0 Å². The SMILES string of the molecule is CNC(=O)CN(C)c1ccccc1[C@H](C)O. The monoisotopic (exact) mass is 222 g/mol. The summed E-state index contributed by atoms with van der Waals surface area (Å²) in [6.07, 6.45) is -0.539. The number of para-hydroxylation sites is 1. The average molecular weight is 222 g/mol. The van der Waals surface area contributed by atoms with Gasteiger partial charge in [0.25, 0.3) is 0 Å². The van der Waals surface area contributed by atoms with E-state index in [0.29, 0.717) is 0 Å². The summed E-state index contributed by atoms with van der Waals surface area (Å²) in [5.41, 5.74) is 1.70. The minimum atomic E-state index is -0.539. The van der Waals surface area contributed by atoms with Crippen LogP contribution in [0, 0.1) is 0 Å². The molecule has 0 heterocycles. The smallest absolute Gasteiger partial charge is 0.239 e. The fraction of sp³-hybridized carbons (Fsp3) is 0.417. The highest BCUT2D eigenvalue weighted by molar-refractivity contribution is 5.81. The van der Waals surface area contributed by atoms with Gasteiger partial charge in [-0.05, 0) is 13.0 Å². The number of carbonyl (C=O) groups is 1. The van der Waals surface area contributed by atoms with Gasteiger partial charge in [-0.1, -0.05) is 18.2 Å². The standard InChI is InChI=1S/C12H18N2O2/c1-9(15)10-6-4-5-7-11(10)14(3)8-12(16)13-2/h4-7,9,15H,8H2,1-3H3,(H,13,16)/t9-/m0/s1. The molecule has 1 amide bonds.